The predicted molar refractivity (Wildman–Crippen MR) is 105 cm³/mol. The van der Waals surface area contributed by atoms with E-state index in [2.05, 4.69) is 20.8 Å². The van der Waals surface area contributed by atoms with Gasteiger partial charge in [0.15, 0.2) is 5.78 Å². The standard InChI is InChI=1S/C22H30N2O3/c1-22(2,3)18-10-8-16(9-11-18)21(27)17-6-4-12-23(14-17)20(26)15-24-13-5-7-19(24)25/h8-11,17H,4-7,12-15H2,1-3H3/t17-/m1/s1. The van der Waals surface area contributed by atoms with Gasteiger partial charge in [-0.2, -0.15) is 0 Å². The summed E-state index contributed by atoms with van der Waals surface area (Å²) in [6.45, 7) is 8.41. The van der Waals surface area contributed by atoms with Crippen molar-refractivity contribution >= 4 is 17.6 Å². The lowest BCUT2D eigenvalue weighted by Crippen LogP contribution is -2.46. The zero-order valence-corrected chi connectivity index (χ0v) is 16.7. The Morgan fingerprint density at radius 3 is 2.37 bits per heavy atom. The van der Waals surface area contributed by atoms with E-state index in [0.717, 1.165) is 24.8 Å². The highest BCUT2D eigenvalue weighted by Gasteiger charge is 2.31. The normalized spacial score (nSPS) is 20.9. The number of hydrogen-bond donors (Lipinski definition) is 0. The van der Waals surface area contributed by atoms with E-state index in [1.807, 2.05) is 24.3 Å². The summed E-state index contributed by atoms with van der Waals surface area (Å²) < 4.78 is 0. The number of hydrogen-bond acceptors (Lipinski definition) is 3. The van der Waals surface area contributed by atoms with Gasteiger partial charge in [0.05, 0.1) is 6.54 Å². The number of benzene rings is 1. The highest BCUT2D eigenvalue weighted by molar-refractivity contribution is 5.98. The van der Waals surface area contributed by atoms with Crippen LogP contribution in [0.1, 0.15) is 62.4 Å². The predicted octanol–water partition coefficient (Wildman–Crippen LogP) is 3.03. The molecule has 0 aromatic heterocycles. The number of nitrogens with zero attached hydrogens (tertiary/aromatic N) is 2. The lowest BCUT2D eigenvalue weighted by atomic mass is 9.85. The lowest BCUT2D eigenvalue weighted by molar-refractivity contribution is -0.139. The van der Waals surface area contributed by atoms with Crippen LogP contribution in [0, 0.1) is 5.92 Å². The Kier molecular flexibility index (Phi) is 5.68. The Bertz CT molecular complexity index is 718. The van der Waals surface area contributed by atoms with Crippen molar-refractivity contribution in [1.82, 2.24) is 9.80 Å². The molecule has 27 heavy (non-hydrogen) atoms. The molecule has 2 saturated heterocycles. The largest absolute Gasteiger partial charge is 0.340 e. The third-order valence-corrected chi connectivity index (χ3v) is 5.68. The van der Waals surface area contributed by atoms with Gasteiger partial charge >= 0.3 is 0 Å². The molecule has 5 nitrogen and oxygen atoms in total. The first-order chi connectivity index (χ1) is 12.8. The molecular formula is C22H30N2O3. The molecule has 0 bridgehead atoms. The van der Waals surface area contributed by atoms with E-state index in [4.69, 9.17) is 0 Å². The molecule has 2 aliphatic heterocycles. The molecule has 0 radical (unpaired) electrons. The van der Waals surface area contributed by atoms with Crippen molar-refractivity contribution in [2.24, 2.45) is 5.92 Å². The summed E-state index contributed by atoms with van der Waals surface area (Å²) in [7, 11) is 0. The van der Waals surface area contributed by atoms with Crippen LogP contribution in [0.3, 0.4) is 0 Å². The molecule has 0 aliphatic carbocycles. The molecule has 2 amide bonds. The first-order valence-electron chi connectivity index (χ1n) is 9.96. The summed E-state index contributed by atoms with van der Waals surface area (Å²) in [5.74, 6) is -0.0135. The van der Waals surface area contributed by atoms with Crippen molar-refractivity contribution in [2.75, 3.05) is 26.2 Å². The molecular weight excluding hydrogens is 340 g/mol. The van der Waals surface area contributed by atoms with Crippen LogP contribution < -0.4 is 0 Å². The van der Waals surface area contributed by atoms with Crippen LogP contribution in [0.25, 0.3) is 0 Å². The third kappa shape index (κ3) is 4.57. The van der Waals surface area contributed by atoms with E-state index in [9.17, 15) is 14.4 Å². The van der Waals surface area contributed by atoms with Crippen molar-refractivity contribution in [3.63, 3.8) is 0 Å². The maximum Gasteiger partial charge on any atom is 0.242 e. The first-order valence-corrected chi connectivity index (χ1v) is 9.96. The van der Waals surface area contributed by atoms with E-state index >= 15 is 0 Å². The van der Waals surface area contributed by atoms with Crippen LogP contribution >= 0.6 is 0 Å². The van der Waals surface area contributed by atoms with Gasteiger partial charge in [-0.05, 0) is 30.2 Å². The average molecular weight is 370 g/mol. The van der Waals surface area contributed by atoms with Crippen molar-refractivity contribution in [3.8, 4) is 0 Å². The Morgan fingerprint density at radius 2 is 1.78 bits per heavy atom. The van der Waals surface area contributed by atoms with Gasteiger partial charge in [-0.3, -0.25) is 14.4 Å². The number of piperidine rings is 1. The highest BCUT2D eigenvalue weighted by Crippen LogP contribution is 2.25. The Labute approximate surface area is 161 Å². The molecule has 0 saturated carbocycles. The number of Topliss-reactive ketones (excluding diaryl/α,β-unsaturated/α-hetero) is 1. The van der Waals surface area contributed by atoms with E-state index in [0.29, 0.717) is 26.1 Å². The van der Waals surface area contributed by atoms with Gasteiger partial charge in [-0.25, -0.2) is 0 Å². The second kappa shape index (κ2) is 7.83. The molecule has 146 valence electrons. The smallest absolute Gasteiger partial charge is 0.242 e. The quantitative estimate of drug-likeness (QED) is 0.766. The van der Waals surface area contributed by atoms with Gasteiger partial charge in [0.25, 0.3) is 0 Å². The summed E-state index contributed by atoms with van der Waals surface area (Å²) in [6, 6.07) is 7.87. The fourth-order valence-corrected chi connectivity index (χ4v) is 3.92. The van der Waals surface area contributed by atoms with Gasteiger partial charge in [0.1, 0.15) is 0 Å². The molecule has 0 spiro atoms. The summed E-state index contributed by atoms with van der Waals surface area (Å²) in [5, 5.41) is 0. The molecule has 2 fully saturated rings. The lowest BCUT2D eigenvalue weighted by Gasteiger charge is -2.33. The topological polar surface area (TPSA) is 57.7 Å². The molecule has 1 aromatic carbocycles. The summed E-state index contributed by atoms with van der Waals surface area (Å²) in [4.78, 5) is 40.7. The van der Waals surface area contributed by atoms with Crippen LogP contribution in [-0.2, 0) is 15.0 Å². The molecule has 0 unspecified atom stereocenters. The molecule has 1 atom stereocenters. The number of likely N-dealkylation sites (tertiary alicyclic amines) is 2. The van der Waals surface area contributed by atoms with E-state index in [1.165, 1.54) is 5.56 Å². The SMILES string of the molecule is CC(C)(C)c1ccc(C(=O)[C@@H]2CCCN(C(=O)CN3CCCC3=O)C2)cc1. The number of amides is 2. The van der Waals surface area contributed by atoms with Crippen molar-refractivity contribution in [1.29, 1.82) is 0 Å². The molecule has 2 heterocycles. The molecule has 1 aromatic rings. The van der Waals surface area contributed by atoms with Crippen molar-refractivity contribution in [3.05, 3.63) is 35.4 Å². The first kappa shape index (κ1) is 19.6. The van der Waals surface area contributed by atoms with Gasteiger partial charge in [-0.15, -0.1) is 0 Å². The van der Waals surface area contributed by atoms with Crippen molar-refractivity contribution < 1.29 is 14.4 Å². The summed E-state index contributed by atoms with van der Waals surface area (Å²) >= 11 is 0. The fraction of sp³-hybridized carbons (Fsp3) is 0.591. The minimum absolute atomic E-state index is 0.0363. The summed E-state index contributed by atoms with van der Waals surface area (Å²) in [6.07, 6.45) is 3.01. The maximum atomic E-state index is 12.9. The number of rotatable bonds is 4. The molecule has 5 heteroatoms. The van der Waals surface area contributed by atoms with Gasteiger partial charge in [0, 0.05) is 37.5 Å². The number of carbonyl (C=O) groups is 3. The monoisotopic (exact) mass is 370 g/mol. The molecule has 0 N–H and O–H groups in total. The second-order valence-corrected chi connectivity index (χ2v) is 8.79. The molecule has 2 aliphatic rings. The van der Waals surface area contributed by atoms with Gasteiger partial charge in [0.2, 0.25) is 11.8 Å². The highest BCUT2D eigenvalue weighted by atomic mass is 16.2. The van der Waals surface area contributed by atoms with Crippen LogP contribution in [0.2, 0.25) is 0 Å². The van der Waals surface area contributed by atoms with Gasteiger partial charge < -0.3 is 9.80 Å². The minimum atomic E-state index is -0.155. The fourth-order valence-electron chi connectivity index (χ4n) is 3.92. The second-order valence-electron chi connectivity index (χ2n) is 8.79. The Balaban J connectivity index is 1.62. The van der Waals surface area contributed by atoms with Crippen LogP contribution in [-0.4, -0.2) is 53.6 Å². The Hall–Kier alpha value is -2.17. The van der Waals surface area contributed by atoms with Gasteiger partial charge in [-0.1, -0.05) is 45.0 Å². The van der Waals surface area contributed by atoms with E-state index < -0.39 is 0 Å². The Morgan fingerprint density at radius 1 is 1.07 bits per heavy atom. The van der Waals surface area contributed by atoms with Crippen LogP contribution in [0.4, 0.5) is 0 Å². The number of ketones is 1. The molecule has 3 rings (SSSR count). The third-order valence-electron chi connectivity index (χ3n) is 5.68. The minimum Gasteiger partial charge on any atom is -0.340 e. The average Bonchev–Trinajstić information content (AvgIpc) is 3.05. The number of carbonyl (C=O) groups excluding carboxylic acids is 3. The van der Waals surface area contributed by atoms with Crippen LogP contribution in [0.15, 0.2) is 24.3 Å². The van der Waals surface area contributed by atoms with E-state index in [1.54, 1.807) is 9.80 Å². The summed E-state index contributed by atoms with van der Waals surface area (Å²) in [5.41, 5.74) is 1.98. The zero-order valence-electron chi connectivity index (χ0n) is 16.7. The van der Waals surface area contributed by atoms with Crippen LogP contribution in [0.5, 0.6) is 0 Å². The van der Waals surface area contributed by atoms with E-state index in [-0.39, 0.29) is 35.5 Å². The zero-order chi connectivity index (χ0) is 19.6. The maximum absolute atomic E-state index is 12.9. The van der Waals surface area contributed by atoms with Crippen molar-refractivity contribution in [2.45, 2.75) is 51.9 Å².